The van der Waals surface area contributed by atoms with E-state index in [-0.39, 0.29) is 17.3 Å². The predicted molar refractivity (Wildman–Crippen MR) is 123 cm³/mol. The number of sulfonamides is 1. The number of hydrogen-bond acceptors (Lipinski definition) is 4. The van der Waals surface area contributed by atoms with Crippen LogP contribution in [0.5, 0.6) is 0 Å². The highest BCUT2D eigenvalue weighted by atomic mass is 32.2. The van der Waals surface area contributed by atoms with Gasteiger partial charge in [-0.1, -0.05) is 37.3 Å². The van der Waals surface area contributed by atoms with Gasteiger partial charge in [0.15, 0.2) is 0 Å². The first-order valence-corrected chi connectivity index (χ1v) is 12.4. The Balaban J connectivity index is 1.46. The van der Waals surface area contributed by atoms with Gasteiger partial charge in [-0.25, -0.2) is 8.42 Å². The summed E-state index contributed by atoms with van der Waals surface area (Å²) in [5.74, 6) is 0.674. The van der Waals surface area contributed by atoms with Crippen molar-refractivity contribution in [2.75, 3.05) is 33.2 Å². The smallest absolute Gasteiger partial charge is 0.251 e. The van der Waals surface area contributed by atoms with Gasteiger partial charge in [0.25, 0.3) is 5.91 Å². The van der Waals surface area contributed by atoms with E-state index in [2.05, 4.69) is 17.1 Å². The van der Waals surface area contributed by atoms with Gasteiger partial charge < -0.3 is 10.2 Å². The van der Waals surface area contributed by atoms with Gasteiger partial charge >= 0.3 is 0 Å². The molecular weight excluding hydrogens is 410 g/mol. The third-order valence-corrected chi connectivity index (χ3v) is 7.57. The molecule has 1 N–H and O–H groups in total. The fourth-order valence-corrected chi connectivity index (χ4v) is 5.15. The van der Waals surface area contributed by atoms with Crippen molar-refractivity contribution in [3.63, 3.8) is 0 Å². The van der Waals surface area contributed by atoms with Crippen molar-refractivity contribution in [2.45, 2.75) is 37.6 Å². The van der Waals surface area contributed by atoms with E-state index in [9.17, 15) is 13.2 Å². The molecule has 0 bridgehead atoms. The van der Waals surface area contributed by atoms with Crippen LogP contribution in [-0.4, -0.2) is 56.8 Å². The molecule has 168 valence electrons. The van der Waals surface area contributed by atoms with Gasteiger partial charge in [-0.15, -0.1) is 0 Å². The fraction of sp³-hybridized carbons (Fsp3) is 0.458. The van der Waals surface area contributed by atoms with Gasteiger partial charge in [0.05, 0.1) is 4.90 Å². The minimum Gasteiger partial charge on any atom is -0.352 e. The van der Waals surface area contributed by atoms with E-state index in [1.807, 2.05) is 0 Å². The molecule has 3 rings (SSSR count). The molecule has 1 aliphatic heterocycles. The molecule has 1 heterocycles. The van der Waals surface area contributed by atoms with Crippen molar-refractivity contribution < 1.29 is 13.2 Å². The second kappa shape index (κ2) is 10.9. The molecule has 1 aliphatic rings. The third kappa shape index (κ3) is 6.63. The quantitative estimate of drug-likeness (QED) is 0.604. The largest absolute Gasteiger partial charge is 0.352 e. The van der Waals surface area contributed by atoms with Crippen LogP contribution < -0.4 is 5.32 Å². The predicted octanol–water partition coefficient (Wildman–Crippen LogP) is 3.36. The Morgan fingerprint density at radius 2 is 1.84 bits per heavy atom. The molecule has 7 heteroatoms. The second-order valence-corrected chi connectivity index (χ2v) is 10.5. The maximum atomic E-state index is 12.6. The third-order valence-electron chi connectivity index (χ3n) is 5.75. The lowest BCUT2D eigenvalue weighted by molar-refractivity contribution is 0.0950. The van der Waals surface area contributed by atoms with Crippen LogP contribution in [-0.2, 0) is 16.6 Å². The number of rotatable bonds is 9. The lowest BCUT2D eigenvalue weighted by Gasteiger charge is -2.30. The monoisotopic (exact) mass is 443 g/mol. The maximum Gasteiger partial charge on any atom is 0.251 e. The van der Waals surface area contributed by atoms with Crippen molar-refractivity contribution in [2.24, 2.45) is 5.92 Å². The molecule has 2 aromatic rings. The van der Waals surface area contributed by atoms with E-state index in [0.717, 1.165) is 37.5 Å². The van der Waals surface area contributed by atoms with E-state index in [1.54, 1.807) is 61.6 Å². The number of likely N-dealkylation sites (tertiary alicyclic amines) is 1. The minimum absolute atomic E-state index is 0.0937. The van der Waals surface area contributed by atoms with Crippen LogP contribution in [0.2, 0.25) is 0 Å². The minimum atomic E-state index is -3.54. The molecule has 0 aliphatic carbocycles. The second-order valence-electron chi connectivity index (χ2n) is 8.43. The van der Waals surface area contributed by atoms with Gasteiger partial charge in [0, 0.05) is 32.2 Å². The Morgan fingerprint density at radius 1 is 1.13 bits per heavy atom. The van der Waals surface area contributed by atoms with E-state index in [4.69, 9.17) is 0 Å². The summed E-state index contributed by atoms with van der Waals surface area (Å²) in [4.78, 5) is 15.1. The zero-order valence-corrected chi connectivity index (χ0v) is 19.3. The lowest BCUT2D eigenvalue weighted by Crippen LogP contribution is -2.36. The molecule has 1 atom stereocenters. The van der Waals surface area contributed by atoms with E-state index >= 15 is 0 Å². The summed E-state index contributed by atoms with van der Waals surface area (Å²) in [6, 6.07) is 15.5. The first kappa shape index (κ1) is 23.4. The molecule has 2 aromatic carbocycles. The van der Waals surface area contributed by atoms with Crippen LogP contribution in [0.1, 0.15) is 42.1 Å². The first-order chi connectivity index (χ1) is 14.9. The summed E-state index contributed by atoms with van der Waals surface area (Å²) in [5, 5.41) is 2.98. The molecule has 1 fully saturated rings. The Morgan fingerprint density at radius 3 is 2.52 bits per heavy atom. The summed E-state index contributed by atoms with van der Waals surface area (Å²) < 4.78 is 26.6. The van der Waals surface area contributed by atoms with Crippen LogP contribution >= 0.6 is 0 Å². The van der Waals surface area contributed by atoms with Crippen LogP contribution in [0.25, 0.3) is 0 Å². The molecule has 0 radical (unpaired) electrons. The highest BCUT2D eigenvalue weighted by Gasteiger charge is 2.20. The highest BCUT2D eigenvalue weighted by Crippen LogP contribution is 2.17. The summed E-state index contributed by atoms with van der Waals surface area (Å²) in [5.41, 5.74) is 1.42. The molecule has 1 amide bonds. The van der Waals surface area contributed by atoms with E-state index in [1.165, 1.54) is 17.1 Å². The van der Waals surface area contributed by atoms with E-state index < -0.39 is 10.0 Å². The maximum absolute atomic E-state index is 12.6. The van der Waals surface area contributed by atoms with Gasteiger partial charge in [-0.2, -0.15) is 4.31 Å². The Kier molecular flexibility index (Phi) is 8.23. The summed E-state index contributed by atoms with van der Waals surface area (Å²) in [7, 11) is -1.98. The van der Waals surface area contributed by atoms with Gasteiger partial charge in [-0.05, 0) is 68.1 Å². The molecule has 0 saturated carbocycles. The number of piperidine rings is 1. The Hall–Kier alpha value is -2.22. The number of nitrogens with zero attached hydrogens (tertiary/aromatic N) is 2. The number of carbonyl (C=O) groups is 1. The van der Waals surface area contributed by atoms with Gasteiger partial charge in [-0.3, -0.25) is 4.79 Å². The standard InChI is InChI=1S/C24H33N3O3S/c1-20-8-6-16-27(18-20)17-7-15-25-24(28)22-13-11-21(12-14-22)19-26(2)31(29,30)23-9-4-3-5-10-23/h3-5,9-14,20H,6-8,15-19H2,1-2H3,(H,25,28)/t20-/m0/s1. The SMILES string of the molecule is C[C@H]1CCCN(CCCNC(=O)c2ccc(CN(C)S(=O)(=O)c3ccccc3)cc2)C1. The molecule has 0 aromatic heterocycles. The normalized spacial score (nSPS) is 17.6. The molecule has 6 nitrogen and oxygen atoms in total. The van der Waals surface area contributed by atoms with E-state index in [0.29, 0.717) is 12.1 Å². The van der Waals surface area contributed by atoms with Crippen molar-refractivity contribution in [1.29, 1.82) is 0 Å². The van der Waals surface area contributed by atoms with Crippen LogP contribution in [0.3, 0.4) is 0 Å². The zero-order chi connectivity index (χ0) is 22.3. The number of nitrogens with one attached hydrogen (secondary N) is 1. The van der Waals surface area contributed by atoms with Crippen molar-refractivity contribution >= 4 is 15.9 Å². The lowest BCUT2D eigenvalue weighted by atomic mass is 10.0. The average molecular weight is 444 g/mol. The molecule has 0 spiro atoms. The number of carbonyl (C=O) groups excluding carboxylic acids is 1. The summed E-state index contributed by atoms with van der Waals surface area (Å²) >= 11 is 0. The van der Waals surface area contributed by atoms with Crippen LogP contribution in [0.15, 0.2) is 59.5 Å². The summed E-state index contributed by atoms with van der Waals surface area (Å²) in [6.45, 7) is 6.53. The van der Waals surface area contributed by atoms with Crippen molar-refractivity contribution in [3.8, 4) is 0 Å². The van der Waals surface area contributed by atoms with Gasteiger partial charge in [0.1, 0.15) is 0 Å². The number of amides is 1. The van der Waals surface area contributed by atoms with Crippen molar-refractivity contribution in [1.82, 2.24) is 14.5 Å². The molecular formula is C24H33N3O3S. The molecule has 31 heavy (non-hydrogen) atoms. The Bertz CT molecular complexity index is 946. The molecule has 1 saturated heterocycles. The highest BCUT2D eigenvalue weighted by molar-refractivity contribution is 7.89. The van der Waals surface area contributed by atoms with Gasteiger partial charge in [0.2, 0.25) is 10.0 Å². The first-order valence-electron chi connectivity index (χ1n) is 11.0. The fourth-order valence-electron chi connectivity index (χ4n) is 3.97. The number of benzene rings is 2. The average Bonchev–Trinajstić information content (AvgIpc) is 2.77. The van der Waals surface area contributed by atoms with Crippen LogP contribution in [0, 0.1) is 5.92 Å². The zero-order valence-electron chi connectivity index (χ0n) is 18.5. The summed E-state index contributed by atoms with van der Waals surface area (Å²) in [6.07, 6.45) is 3.53. The van der Waals surface area contributed by atoms with Crippen molar-refractivity contribution in [3.05, 3.63) is 65.7 Å². The number of hydrogen-bond donors (Lipinski definition) is 1. The Labute approximate surface area is 186 Å². The topological polar surface area (TPSA) is 69.7 Å². The molecule has 0 unspecified atom stereocenters. The van der Waals surface area contributed by atoms with Crippen LogP contribution in [0.4, 0.5) is 0 Å².